The molecule has 1 aromatic heterocycles. The maximum absolute atomic E-state index is 13.2. The highest BCUT2D eigenvalue weighted by atomic mass is 19.4. The van der Waals surface area contributed by atoms with Crippen LogP contribution in [0.25, 0.3) is 0 Å². The van der Waals surface area contributed by atoms with E-state index in [0.29, 0.717) is 30.6 Å². The first kappa shape index (κ1) is 31.3. The van der Waals surface area contributed by atoms with Gasteiger partial charge in [0, 0.05) is 43.5 Å². The van der Waals surface area contributed by atoms with E-state index in [1.807, 2.05) is 41.5 Å². The number of carbonyl (C=O) groups is 1. The molecule has 192 valence electrons. The Labute approximate surface area is 198 Å². The lowest BCUT2D eigenvalue weighted by atomic mass is 9.74. The Kier molecular flexibility index (Phi) is 13.2. The second-order valence-corrected chi connectivity index (χ2v) is 8.71. The second kappa shape index (κ2) is 13.9. The highest BCUT2D eigenvalue weighted by molar-refractivity contribution is 5.83. The molecule has 1 aromatic rings. The Morgan fingerprint density at radius 3 is 2.18 bits per heavy atom. The SMILES string of the molecule is CC.CC.CC(C)O.CC(C)[C@]1(C(=O)N2CCc3ncc(C(F)(F)F)cc3C2)CCC(N)C1. The van der Waals surface area contributed by atoms with Crippen molar-refractivity contribution in [3.05, 3.63) is 29.1 Å². The third kappa shape index (κ3) is 8.56. The van der Waals surface area contributed by atoms with Gasteiger partial charge in [-0.05, 0) is 50.7 Å². The van der Waals surface area contributed by atoms with Crippen molar-refractivity contribution in [2.75, 3.05) is 6.54 Å². The van der Waals surface area contributed by atoms with Gasteiger partial charge in [0.05, 0.1) is 11.0 Å². The standard InChI is InChI=1S/C18H24F3N3O.C3H8O.2C2H6/c1-11(2)17(5-3-14(22)8-17)16(25)24-6-4-15-12(10-24)7-13(9-23-15)18(19,20)21;1-3(2)4;2*1-2/h7,9,11,14H,3-6,8,10,22H2,1-2H3;3-4H,1-2H3;2*1-2H3/t14?,17-;;;/m0.../s1. The van der Waals surface area contributed by atoms with Gasteiger partial charge < -0.3 is 15.7 Å². The molecular weight excluding hydrogens is 431 g/mol. The average molecular weight is 476 g/mol. The first-order chi connectivity index (χ1) is 15.4. The lowest BCUT2D eigenvalue weighted by Crippen LogP contribution is -2.48. The van der Waals surface area contributed by atoms with Crippen LogP contribution in [0.1, 0.15) is 91.5 Å². The minimum atomic E-state index is -4.42. The van der Waals surface area contributed by atoms with Crippen LogP contribution in [0.5, 0.6) is 0 Å². The molecule has 1 aliphatic carbocycles. The molecular formula is C25H44F3N3O2. The topological polar surface area (TPSA) is 79.5 Å². The van der Waals surface area contributed by atoms with Crippen molar-refractivity contribution in [3.63, 3.8) is 0 Å². The fourth-order valence-corrected chi connectivity index (χ4v) is 4.15. The Morgan fingerprint density at radius 1 is 1.21 bits per heavy atom. The van der Waals surface area contributed by atoms with Crippen molar-refractivity contribution < 1.29 is 23.1 Å². The molecule has 5 nitrogen and oxygen atoms in total. The molecule has 1 fully saturated rings. The Bertz CT molecular complexity index is 721. The molecule has 2 atom stereocenters. The van der Waals surface area contributed by atoms with Crippen LogP contribution in [0.4, 0.5) is 13.2 Å². The number of fused-ring (bicyclic) bond motifs is 1. The Morgan fingerprint density at radius 2 is 1.76 bits per heavy atom. The number of amides is 1. The van der Waals surface area contributed by atoms with Crippen LogP contribution in [-0.4, -0.2) is 39.6 Å². The van der Waals surface area contributed by atoms with Crippen LogP contribution < -0.4 is 5.73 Å². The third-order valence-corrected chi connectivity index (χ3v) is 5.77. The minimum Gasteiger partial charge on any atom is -0.394 e. The van der Waals surface area contributed by atoms with E-state index in [-0.39, 0.29) is 30.5 Å². The van der Waals surface area contributed by atoms with E-state index < -0.39 is 17.2 Å². The van der Waals surface area contributed by atoms with Crippen LogP contribution >= 0.6 is 0 Å². The number of aliphatic hydroxyl groups is 1. The van der Waals surface area contributed by atoms with Crippen LogP contribution in [0.15, 0.2) is 12.3 Å². The predicted octanol–water partition coefficient (Wildman–Crippen LogP) is 5.58. The number of aliphatic hydroxyl groups excluding tert-OH is 1. The summed E-state index contributed by atoms with van der Waals surface area (Å²) in [5.74, 6) is 0.174. The number of alkyl halides is 3. The van der Waals surface area contributed by atoms with E-state index in [9.17, 15) is 18.0 Å². The fourth-order valence-electron chi connectivity index (χ4n) is 4.15. The average Bonchev–Trinajstić information content (AvgIpc) is 3.17. The molecule has 2 aliphatic rings. The number of hydrogen-bond acceptors (Lipinski definition) is 4. The summed E-state index contributed by atoms with van der Waals surface area (Å²) in [6.07, 6.45) is -1.02. The van der Waals surface area contributed by atoms with Crippen molar-refractivity contribution in [1.82, 2.24) is 9.88 Å². The van der Waals surface area contributed by atoms with Gasteiger partial charge in [0.1, 0.15) is 0 Å². The summed E-state index contributed by atoms with van der Waals surface area (Å²) in [6.45, 7) is 16.2. The molecule has 1 unspecified atom stereocenters. The van der Waals surface area contributed by atoms with Crippen LogP contribution in [0.2, 0.25) is 0 Å². The largest absolute Gasteiger partial charge is 0.417 e. The number of pyridine rings is 1. The zero-order chi connectivity index (χ0) is 26.0. The minimum absolute atomic E-state index is 0.0157. The Balaban J connectivity index is 0.00000113. The molecule has 0 radical (unpaired) electrons. The maximum Gasteiger partial charge on any atom is 0.417 e. The van der Waals surface area contributed by atoms with Crippen molar-refractivity contribution in [3.8, 4) is 0 Å². The first-order valence-electron chi connectivity index (χ1n) is 12.1. The second-order valence-electron chi connectivity index (χ2n) is 8.71. The van der Waals surface area contributed by atoms with Gasteiger partial charge in [-0.3, -0.25) is 9.78 Å². The number of nitrogens with two attached hydrogens (primary N) is 1. The highest BCUT2D eigenvalue weighted by Gasteiger charge is 2.48. The third-order valence-electron chi connectivity index (χ3n) is 5.77. The molecule has 0 spiro atoms. The van der Waals surface area contributed by atoms with Gasteiger partial charge >= 0.3 is 6.18 Å². The van der Waals surface area contributed by atoms with E-state index >= 15 is 0 Å². The molecule has 3 rings (SSSR count). The van der Waals surface area contributed by atoms with Gasteiger partial charge in [-0.1, -0.05) is 41.5 Å². The van der Waals surface area contributed by atoms with Crippen molar-refractivity contribution in [1.29, 1.82) is 0 Å². The van der Waals surface area contributed by atoms with Gasteiger partial charge in [0.2, 0.25) is 5.91 Å². The van der Waals surface area contributed by atoms with Gasteiger partial charge in [0.15, 0.2) is 0 Å². The molecule has 3 N–H and O–H groups in total. The summed E-state index contributed by atoms with van der Waals surface area (Å²) in [7, 11) is 0. The molecule has 1 amide bonds. The summed E-state index contributed by atoms with van der Waals surface area (Å²) in [4.78, 5) is 18.9. The molecule has 8 heteroatoms. The summed E-state index contributed by atoms with van der Waals surface area (Å²) in [5.41, 5.74) is 5.95. The molecule has 33 heavy (non-hydrogen) atoms. The quantitative estimate of drug-likeness (QED) is 0.585. The van der Waals surface area contributed by atoms with Gasteiger partial charge in [-0.2, -0.15) is 13.2 Å². The number of halogens is 3. The smallest absolute Gasteiger partial charge is 0.394 e. The summed E-state index contributed by atoms with van der Waals surface area (Å²) >= 11 is 0. The predicted molar refractivity (Wildman–Crippen MR) is 128 cm³/mol. The lowest BCUT2D eigenvalue weighted by Gasteiger charge is -2.39. The lowest BCUT2D eigenvalue weighted by molar-refractivity contribution is -0.145. The van der Waals surface area contributed by atoms with Gasteiger partial charge in [-0.25, -0.2) is 0 Å². The zero-order valence-electron chi connectivity index (χ0n) is 21.6. The molecule has 0 bridgehead atoms. The molecule has 2 heterocycles. The molecule has 1 aliphatic heterocycles. The summed E-state index contributed by atoms with van der Waals surface area (Å²) in [6, 6.07) is 1.14. The van der Waals surface area contributed by atoms with E-state index in [1.54, 1.807) is 18.7 Å². The summed E-state index contributed by atoms with van der Waals surface area (Å²) in [5, 5.41) is 8.06. The monoisotopic (exact) mass is 475 g/mol. The van der Waals surface area contributed by atoms with Crippen molar-refractivity contribution in [2.24, 2.45) is 17.1 Å². The van der Waals surface area contributed by atoms with Crippen LogP contribution in [-0.2, 0) is 23.9 Å². The maximum atomic E-state index is 13.2. The molecule has 1 saturated carbocycles. The van der Waals surface area contributed by atoms with Crippen molar-refractivity contribution in [2.45, 2.75) is 106 Å². The van der Waals surface area contributed by atoms with E-state index in [0.717, 1.165) is 25.1 Å². The fraction of sp³-hybridized carbons (Fsp3) is 0.760. The number of hydrogen-bond donors (Lipinski definition) is 2. The van der Waals surface area contributed by atoms with Crippen LogP contribution in [0, 0.1) is 11.3 Å². The number of aromatic nitrogens is 1. The first-order valence-corrected chi connectivity index (χ1v) is 12.1. The number of carbonyl (C=O) groups excluding carboxylic acids is 1. The number of nitrogens with zero attached hydrogens (tertiary/aromatic N) is 2. The van der Waals surface area contributed by atoms with Gasteiger partial charge in [-0.15, -0.1) is 0 Å². The zero-order valence-corrected chi connectivity index (χ0v) is 21.6. The molecule has 0 aromatic carbocycles. The van der Waals surface area contributed by atoms with Gasteiger partial charge in [0.25, 0.3) is 0 Å². The molecule has 0 saturated heterocycles. The van der Waals surface area contributed by atoms with E-state index in [1.165, 1.54) is 0 Å². The van der Waals surface area contributed by atoms with E-state index in [4.69, 9.17) is 10.8 Å². The van der Waals surface area contributed by atoms with Crippen molar-refractivity contribution >= 4 is 5.91 Å². The number of rotatable bonds is 2. The van der Waals surface area contributed by atoms with E-state index in [2.05, 4.69) is 4.98 Å². The van der Waals surface area contributed by atoms with Crippen LogP contribution in [0.3, 0.4) is 0 Å². The Hall–Kier alpha value is -1.67. The normalized spacial score (nSPS) is 21.8. The summed E-state index contributed by atoms with van der Waals surface area (Å²) < 4.78 is 38.8. The highest BCUT2D eigenvalue weighted by Crippen LogP contribution is 2.46.